The molecule has 1 amide bonds. The van der Waals surface area contributed by atoms with Gasteiger partial charge in [-0.15, -0.1) is 11.3 Å². The maximum atomic E-state index is 14.1. The van der Waals surface area contributed by atoms with Crippen molar-refractivity contribution < 1.29 is 9.53 Å². The first-order valence-corrected chi connectivity index (χ1v) is 14.2. The van der Waals surface area contributed by atoms with E-state index in [1.165, 1.54) is 22.2 Å². The molecule has 3 heterocycles. The Labute approximate surface area is 214 Å². The average Bonchev–Trinajstić information content (AvgIpc) is 3.16. The molecule has 1 aliphatic heterocycles. The van der Waals surface area contributed by atoms with Crippen molar-refractivity contribution >= 4 is 39.2 Å². The Morgan fingerprint density at radius 2 is 1.94 bits per heavy atom. The quantitative estimate of drug-likeness (QED) is 0.368. The van der Waals surface area contributed by atoms with Gasteiger partial charge < -0.3 is 9.64 Å². The first-order chi connectivity index (χ1) is 16.7. The van der Waals surface area contributed by atoms with E-state index >= 15 is 0 Å². The second-order valence-electron chi connectivity index (χ2n) is 10.2. The van der Waals surface area contributed by atoms with E-state index in [0.29, 0.717) is 24.2 Å². The summed E-state index contributed by atoms with van der Waals surface area (Å²) < 4.78 is 7.53. The molecule has 1 saturated heterocycles. The van der Waals surface area contributed by atoms with E-state index in [-0.39, 0.29) is 29.4 Å². The minimum absolute atomic E-state index is 0.0145. The number of hydrogen-bond donors (Lipinski definition) is 0. The second kappa shape index (κ2) is 9.71. The summed E-state index contributed by atoms with van der Waals surface area (Å²) in [5, 5.41) is 1.36. The summed E-state index contributed by atoms with van der Waals surface area (Å²) in [7, 11) is 0. The van der Waals surface area contributed by atoms with Gasteiger partial charge in [-0.25, -0.2) is 4.98 Å². The van der Waals surface area contributed by atoms with Crippen LogP contribution in [0.2, 0.25) is 0 Å². The smallest absolute Gasteiger partial charge is 0.267 e. The van der Waals surface area contributed by atoms with Gasteiger partial charge >= 0.3 is 0 Å². The third kappa shape index (κ3) is 4.80. The van der Waals surface area contributed by atoms with Gasteiger partial charge in [-0.05, 0) is 75.6 Å². The Balaban J connectivity index is 1.57. The molecule has 0 unspecified atom stereocenters. The SMILES string of the molecule is Cc1ccc(C)c(-n2c(SCC(=O)N3C[C@H](C)O[C@@H](C)C3)nc3sc4c(c3c2=O)CC[C@H](C)C4)c1. The number of aryl methyl sites for hydroxylation is 3. The lowest BCUT2D eigenvalue weighted by Crippen LogP contribution is -2.48. The highest BCUT2D eigenvalue weighted by Gasteiger charge is 2.28. The third-order valence-corrected chi connectivity index (χ3v) is 9.07. The Morgan fingerprint density at radius 3 is 2.69 bits per heavy atom. The summed E-state index contributed by atoms with van der Waals surface area (Å²) in [6.45, 7) is 11.5. The van der Waals surface area contributed by atoms with Gasteiger partial charge in [0.1, 0.15) is 4.83 Å². The predicted molar refractivity (Wildman–Crippen MR) is 143 cm³/mol. The average molecular weight is 512 g/mol. The number of carbonyl (C=O) groups excluding carboxylic acids is 1. The summed E-state index contributed by atoms with van der Waals surface area (Å²) in [5.41, 5.74) is 4.11. The fraction of sp³-hybridized carbons (Fsp3) is 0.519. The number of carbonyl (C=O) groups is 1. The number of aromatic nitrogens is 2. The van der Waals surface area contributed by atoms with Crippen molar-refractivity contribution in [1.29, 1.82) is 0 Å². The monoisotopic (exact) mass is 511 g/mol. The summed E-state index contributed by atoms with van der Waals surface area (Å²) >= 11 is 3.02. The number of benzene rings is 1. The van der Waals surface area contributed by atoms with E-state index in [0.717, 1.165) is 46.3 Å². The fourth-order valence-electron chi connectivity index (χ4n) is 5.24. The molecule has 0 bridgehead atoms. The van der Waals surface area contributed by atoms with Crippen LogP contribution in [0, 0.1) is 19.8 Å². The van der Waals surface area contributed by atoms with Gasteiger partial charge in [-0.1, -0.05) is 30.8 Å². The number of nitrogens with zero attached hydrogens (tertiary/aromatic N) is 3. The number of rotatable bonds is 4. The van der Waals surface area contributed by atoms with Crippen LogP contribution in [0.25, 0.3) is 15.9 Å². The first kappa shape index (κ1) is 24.5. The van der Waals surface area contributed by atoms with Crippen LogP contribution in [0.3, 0.4) is 0 Å². The molecule has 0 spiro atoms. The molecule has 2 aliphatic rings. The molecule has 8 heteroatoms. The van der Waals surface area contributed by atoms with Crippen molar-refractivity contribution in [3.8, 4) is 5.69 Å². The molecule has 3 atom stereocenters. The first-order valence-electron chi connectivity index (χ1n) is 12.4. The highest BCUT2D eigenvalue weighted by Crippen LogP contribution is 2.37. The van der Waals surface area contributed by atoms with Crippen LogP contribution in [-0.4, -0.2) is 51.4 Å². The Kier molecular flexibility index (Phi) is 6.81. The molecule has 1 aliphatic carbocycles. The number of hydrogen-bond acceptors (Lipinski definition) is 6. The molecule has 35 heavy (non-hydrogen) atoms. The van der Waals surface area contributed by atoms with E-state index < -0.39 is 0 Å². The van der Waals surface area contributed by atoms with E-state index in [2.05, 4.69) is 13.0 Å². The molecule has 2 aromatic heterocycles. The summed E-state index contributed by atoms with van der Waals surface area (Å²) in [4.78, 5) is 36.2. The van der Waals surface area contributed by atoms with E-state index in [9.17, 15) is 9.59 Å². The lowest BCUT2D eigenvalue weighted by atomic mass is 9.89. The molecule has 0 N–H and O–H groups in total. The number of ether oxygens (including phenoxy) is 1. The molecule has 0 saturated carbocycles. The van der Waals surface area contributed by atoms with Gasteiger partial charge in [0.15, 0.2) is 5.16 Å². The number of thiophene rings is 1. The molecule has 5 rings (SSSR count). The molecule has 1 aromatic carbocycles. The van der Waals surface area contributed by atoms with Gasteiger partial charge in [0, 0.05) is 18.0 Å². The van der Waals surface area contributed by atoms with Gasteiger partial charge in [-0.3, -0.25) is 14.2 Å². The van der Waals surface area contributed by atoms with Crippen molar-refractivity contribution in [2.24, 2.45) is 5.92 Å². The summed E-state index contributed by atoms with van der Waals surface area (Å²) in [6, 6.07) is 6.14. The van der Waals surface area contributed by atoms with Crippen molar-refractivity contribution in [1.82, 2.24) is 14.5 Å². The standard InChI is InChI=1S/C27H33N3O3S2/c1-15-6-8-17(3)21(10-15)30-26(32)24-20-9-7-16(2)11-22(20)35-25(24)28-27(30)34-14-23(31)29-12-18(4)33-19(5)13-29/h6,8,10,16,18-19H,7,9,11-14H2,1-5H3/t16-,18-,19-/m0/s1. The molecular weight excluding hydrogens is 478 g/mol. The largest absolute Gasteiger partial charge is 0.372 e. The maximum Gasteiger partial charge on any atom is 0.267 e. The molecule has 6 nitrogen and oxygen atoms in total. The Bertz CT molecular complexity index is 1340. The number of morpholine rings is 1. The van der Waals surface area contributed by atoms with Crippen LogP contribution in [0.4, 0.5) is 0 Å². The van der Waals surface area contributed by atoms with Crippen LogP contribution in [0.15, 0.2) is 28.2 Å². The zero-order valence-electron chi connectivity index (χ0n) is 21.1. The van der Waals surface area contributed by atoms with Crippen LogP contribution < -0.4 is 5.56 Å². The Hall–Kier alpha value is -2.16. The fourth-order valence-corrected chi connectivity index (χ4v) is 7.57. The van der Waals surface area contributed by atoms with Crippen LogP contribution in [0.5, 0.6) is 0 Å². The van der Waals surface area contributed by atoms with Crippen LogP contribution >= 0.6 is 23.1 Å². The predicted octanol–water partition coefficient (Wildman–Crippen LogP) is 4.92. The third-order valence-electron chi connectivity index (χ3n) is 7.00. The number of fused-ring (bicyclic) bond motifs is 3. The topological polar surface area (TPSA) is 64.4 Å². The van der Waals surface area contributed by atoms with Crippen LogP contribution in [-0.2, 0) is 22.4 Å². The molecule has 0 radical (unpaired) electrons. The van der Waals surface area contributed by atoms with Crippen molar-refractivity contribution in [2.75, 3.05) is 18.8 Å². The van der Waals surface area contributed by atoms with Gasteiger partial charge in [0.25, 0.3) is 5.56 Å². The molecule has 186 valence electrons. The Morgan fingerprint density at radius 1 is 1.20 bits per heavy atom. The minimum Gasteiger partial charge on any atom is -0.372 e. The number of amides is 1. The summed E-state index contributed by atoms with van der Waals surface area (Å²) in [6.07, 6.45) is 3.08. The zero-order valence-corrected chi connectivity index (χ0v) is 22.7. The number of thioether (sulfide) groups is 1. The van der Waals surface area contributed by atoms with Crippen LogP contribution in [0.1, 0.15) is 48.8 Å². The highest BCUT2D eigenvalue weighted by molar-refractivity contribution is 7.99. The summed E-state index contributed by atoms with van der Waals surface area (Å²) in [5.74, 6) is 0.921. The maximum absolute atomic E-state index is 14.1. The normalized spacial score (nSPS) is 22.4. The van der Waals surface area contributed by atoms with Gasteiger partial charge in [0.05, 0.1) is 29.0 Å². The van der Waals surface area contributed by atoms with Gasteiger partial charge in [-0.2, -0.15) is 0 Å². The molecule has 3 aromatic rings. The second-order valence-corrected chi connectivity index (χ2v) is 12.2. The van der Waals surface area contributed by atoms with E-state index in [1.54, 1.807) is 15.9 Å². The van der Waals surface area contributed by atoms with E-state index in [1.807, 2.05) is 44.7 Å². The van der Waals surface area contributed by atoms with Gasteiger partial charge in [0.2, 0.25) is 5.91 Å². The van der Waals surface area contributed by atoms with E-state index in [4.69, 9.17) is 9.72 Å². The highest BCUT2D eigenvalue weighted by atomic mass is 32.2. The van der Waals surface area contributed by atoms with Crippen molar-refractivity contribution in [2.45, 2.75) is 71.2 Å². The lowest BCUT2D eigenvalue weighted by molar-refractivity contribution is -0.140. The zero-order chi connectivity index (χ0) is 24.9. The molecular formula is C27H33N3O3S2. The molecule has 1 fully saturated rings. The van der Waals surface area contributed by atoms with Crippen molar-refractivity contribution in [3.05, 3.63) is 50.1 Å². The lowest BCUT2D eigenvalue weighted by Gasteiger charge is -2.35. The van der Waals surface area contributed by atoms with Crippen molar-refractivity contribution in [3.63, 3.8) is 0 Å². The minimum atomic E-state index is -0.0145.